The Kier molecular flexibility index (Phi) is 11.8. The molecule has 348 valence electrons. The second-order valence-corrected chi connectivity index (χ2v) is 21.1. The average molecular weight is 918 g/mol. The van der Waals surface area contributed by atoms with Crippen molar-refractivity contribution in [3.8, 4) is 23.1 Å². The molecule has 0 bridgehead atoms. The summed E-state index contributed by atoms with van der Waals surface area (Å²) in [5, 5.41) is 16.4. The van der Waals surface area contributed by atoms with Gasteiger partial charge >= 0.3 is 0 Å². The molecule has 2 saturated carbocycles. The van der Waals surface area contributed by atoms with Gasteiger partial charge in [0.1, 0.15) is 18.0 Å². The number of piperidine rings is 1. The number of amides is 1. The van der Waals surface area contributed by atoms with E-state index in [-0.39, 0.29) is 52.4 Å². The van der Waals surface area contributed by atoms with Crippen molar-refractivity contribution in [1.82, 2.24) is 19.6 Å². The number of pyridine rings is 1. The molecular formula is C50H59N7O8S. The number of nitro benzene ring substituents is 1. The highest BCUT2D eigenvalue weighted by Gasteiger charge is 2.50. The third-order valence-electron chi connectivity index (χ3n) is 15.1. The fraction of sp³-hybridized carbons (Fsp3) is 0.480. The number of anilines is 2. The van der Waals surface area contributed by atoms with Gasteiger partial charge < -0.3 is 29.4 Å². The molecule has 4 fully saturated rings. The number of hydrogen-bond acceptors (Lipinski definition) is 12. The summed E-state index contributed by atoms with van der Waals surface area (Å²) in [6.07, 6.45) is 14.0. The number of nitro groups is 1. The highest BCUT2D eigenvalue weighted by molar-refractivity contribution is 7.90. The molecule has 3 aliphatic heterocycles. The van der Waals surface area contributed by atoms with Crippen LogP contribution in [0.2, 0.25) is 0 Å². The molecule has 2 atom stereocenters. The molecule has 15 nitrogen and oxygen atoms in total. The Labute approximate surface area is 385 Å². The van der Waals surface area contributed by atoms with Crippen molar-refractivity contribution in [2.45, 2.75) is 113 Å². The lowest BCUT2D eigenvalue weighted by molar-refractivity contribution is -0.384. The highest BCUT2D eigenvalue weighted by atomic mass is 32.2. The SMILES string of the molecule is COc1nc2[nH]ccc2cc1Oc1cc(N2CCC3(CC2)CC(N2CCC[C@@H]2c2ccccc2C(C)C)C3)ccc1C(=O)NS(=O)(=O)c1cc2c(c([N+](=O)[O-])c1)N[C@@H](C1CCCCC1)CO2. The first kappa shape index (κ1) is 44.0. The van der Waals surface area contributed by atoms with E-state index in [9.17, 15) is 23.3 Å². The number of ether oxygens (including phenoxy) is 3. The van der Waals surface area contributed by atoms with E-state index in [0.717, 1.165) is 81.7 Å². The number of carbonyl (C=O) groups is 1. The van der Waals surface area contributed by atoms with E-state index in [1.807, 2.05) is 12.1 Å². The molecule has 66 heavy (non-hydrogen) atoms. The second-order valence-electron chi connectivity index (χ2n) is 19.4. The lowest BCUT2D eigenvalue weighted by Gasteiger charge is -2.56. The fourth-order valence-corrected chi connectivity index (χ4v) is 12.6. The zero-order valence-electron chi connectivity index (χ0n) is 37.9. The van der Waals surface area contributed by atoms with Crippen LogP contribution in [-0.2, 0) is 10.0 Å². The van der Waals surface area contributed by atoms with Crippen LogP contribution in [0.4, 0.5) is 17.1 Å². The van der Waals surface area contributed by atoms with Crippen LogP contribution in [0.25, 0.3) is 11.0 Å². The summed E-state index contributed by atoms with van der Waals surface area (Å²) >= 11 is 0. The Balaban J connectivity index is 0.881. The molecule has 16 heteroatoms. The van der Waals surface area contributed by atoms with Crippen molar-refractivity contribution in [3.63, 3.8) is 0 Å². The Morgan fingerprint density at radius 1 is 0.970 bits per heavy atom. The number of sulfonamides is 1. The summed E-state index contributed by atoms with van der Waals surface area (Å²) in [6, 6.07) is 20.8. The first-order valence-electron chi connectivity index (χ1n) is 23.6. The number of fused-ring (bicyclic) bond motifs is 2. The highest BCUT2D eigenvalue weighted by Crippen LogP contribution is 2.54. The van der Waals surface area contributed by atoms with Gasteiger partial charge in [0.05, 0.1) is 28.5 Å². The molecular weight excluding hydrogens is 859 g/mol. The van der Waals surface area contributed by atoms with Crippen LogP contribution < -0.4 is 29.1 Å². The molecule has 5 aromatic rings. The smallest absolute Gasteiger partial charge is 0.297 e. The van der Waals surface area contributed by atoms with Gasteiger partial charge in [0, 0.05) is 60.6 Å². The van der Waals surface area contributed by atoms with E-state index < -0.39 is 31.4 Å². The van der Waals surface area contributed by atoms with Crippen molar-refractivity contribution in [1.29, 1.82) is 0 Å². The van der Waals surface area contributed by atoms with Gasteiger partial charge in [-0.05, 0) is 111 Å². The van der Waals surface area contributed by atoms with Gasteiger partial charge in [-0.1, -0.05) is 57.4 Å². The fourth-order valence-electron chi connectivity index (χ4n) is 11.6. The third kappa shape index (κ3) is 8.42. The zero-order valence-corrected chi connectivity index (χ0v) is 38.7. The van der Waals surface area contributed by atoms with E-state index in [4.69, 9.17) is 14.2 Å². The maximum absolute atomic E-state index is 14.2. The lowest BCUT2D eigenvalue weighted by Crippen LogP contribution is -2.54. The molecule has 1 spiro atoms. The van der Waals surface area contributed by atoms with Gasteiger partial charge in [0.15, 0.2) is 17.2 Å². The first-order valence-corrected chi connectivity index (χ1v) is 25.1. The minimum absolute atomic E-state index is 0.0468. The predicted molar refractivity (Wildman–Crippen MR) is 253 cm³/mol. The molecule has 0 unspecified atom stereocenters. The van der Waals surface area contributed by atoms with Crippen molar-refractivity contribution in [2.75, 3.05) is 43.6 Å². The van der Waals surface area contributed by atoms with Crippen LogP contribution in [0.1, 0.15) is 118 Å². The Bertz CT molecular complexity index is 2750. The average Bonchev–Trinajstić information content (AvgIpc) is 4.00. The van der Waals surface area contributed by atoms with Gasteiger partial charge in [-0.15, -0.1) is 0 Å². The molecule has 2 aromatic heterocycles. The quantitative estimate of drug-likeness (QED) is 0.0797. The number of methoxy groups -OCH3 is 1. The van der Waals surface area contributed by atoms with E-state index >= 15 is 0 Å². The Hall–Kier alpha value is -5.87. The molecule has 5 aliphatic rings. The van der Waals surface area contributed by atoms with Crippen molar-refractivity contribution in [2.24, 2.45) is 11.3 Å². The minimum Gasteiger partial charge on any atom is -0.489 e. The molecule has 1 amide bonds. The monoisotopic (exact) mass is 917 g/mol. The Morgan fingerprint density at radius 2 is 1.76 bits per heavy atom. The molecule has 5 heterocycles. The number of carbonyl (C=O) groups excluding carboxylic acids is 1. The minimum atomic E-state index is -4.65. The van der Waals surface area contributed by atoms with Crippen LogP contribution in [-0.4, -0.2) is 79.6 Å². The standard InChI is InChI=1S/C50H59N7O8S/c1-31(2)37-12-7-8-13-38(37)41-14-9-21-56(41)35-28-50(29-35)18-22-55(23-19-50)34-15-16-39(43(25-34)65-45-24-33-17-20-51-47(33)53-49(45)63-3)48(58)54-66(61,62)36-26-42(57(59)60)46-44(27-36)64-30-40(52-46)32-10-5-4-6-11-32/h7-8,12-13,15-17,20,24-27,31-32,35,40-41,52H,4-6,9-11,14,18-19,21-23,28-30H2,1-3H3,(H,51,53)(H,54,58)/t40-,41-/m1/s1. The van der Waals surface area contributed by atoms with Crippen LogP contribution in [0.5, 0.6) is 23.1 Å². The van der Waals surface area contributed by atoms with Gasteiger partial charge in [-0.3, -0.25) is 19.8 Å². The third-order valence-corrected chi connectivity index (χ3v) is 16.4. The summed E-state index contributed by atoms with van der Waals surface area (Å²) < 4.78 is 48.2. The summed E-state index contributed by atoms with van der Waals surface area (Å²) in [7, 11) is -3.18. The van der Waals surface area contributed by atoms with Crippen LogP contribution in [0.15, 0.2) is 77.8 Å². The number of nitrogens with one attached hydrogen (secondary N) is 3. The van der Waals surface area contributed by atoms with Crippen LogP contribution in [0.3, 0.4) is 0 Å². The number of rotatable bonds is 12. The van der Waals surface area contributed by atoms with E-state index in [1.54, 1.807) is 24.4 Å². The first-order chi connectivity index (χ1) is 31.9. The van der Waals surface area contributed by atoms with Gasteiger partial charge in [-0.25, -0.2) is 13.1 Å². The van der Waals surface area contributed by atoms with Crippen LogP contribution in [0, 0.1) is 21.4 Å². The van der Waals surface area contributed by atoms with Gasteiger partial charge in [0.2, 0.25) is 0 Å². The molecule has 3 N–H and O–H groups in total. The van der Waals surface area contributed by atoms with E-state index in [2.05, 4.69) is 67.9 Å². The second kappa shape index (κ2) is 17.7. The number of aromatic amines is 1. The summed E-state index contributed by atoms with van der Waals surface area (Å²) in [4.78, 5) is 38.2. The zero-order chi connectivity index (χ0) is 45.7. The lowest BCUT2D eigenvalue weighted by atomic mass is 9.59. The molecule has 2 aliphatic carbocycles. The number of benzene rings is 3. The normalized spacial score (nSPS) is 21.2. The molecule has 2 saturated heterocycles. The number of H-pyrrole nitrogens is 1. The number of likely N-dealkylation sites (tertiary alicyclic amines) is 1. The van der Waals surface area contributed by atoms with Gasteiger partial charge in [-0.2, -0.15) is 4.98 Å². The summed E-state index contributed by atoms with van der Waals surface area (Å²) in [5.74, 6) is 0.355. The molecule has 0 radical (unpaired) electrons. The van der Waals surface area contributed by atoms with Crippen molar-refractivity contribution >= 4 is 44.0 Å². The number of aromatic nitrogens is 2. The van der Waals surface area contributed by atoms with Crippen molar-refractivity contribution < 1.29 is 32.3 Å². The van der Waals surface area contributed by atoms with Crippen LogP contribution >= 0.6 is 0 Å². The van der Waals surface area contributed by atoms with Gasteiger partial charge in [0.25, 0.3) is 27.5 Å². The maximum Gasteiger partial charge on any atom is 0.297 e. The predicted octanol–water partition coefficient (Wildman–Crippen LogP) is 9.85. The maximum atomic E-state index is 14.2. The van der Waals surface area contributed by atoms with E-state index in [1.165, 1.54) is 50.0 Å². The molecule has 3 aromatic carbocycles. The summed E-state index contributed by atoms with van der Waals surface area (Å²) in [6.45, 7) is 7.61. The number of hydrogen-bond donors (Lipinski definition) is 3. The van der Waals surface area contributed by atoms with E-state index in [0.29, 0.717) is 29.6 Å². The Morgan fingerprint density at radius 3 is 2.52 bits per heavy atom. The number of nitrogens with zero attached hydrogens (tertiary/aromatic N) is 4. The molecule has 10 rings (SSSR count). The topological polar surface area (TPSA) is 181 Å². The summed E-state index contributed by atoms with van der Waals surface area (Å²) in [5.41, 5.74) is 4.29. The largest absolute Gasteiger partial charge is 0.489 e. The van der Waals surface area contributed by atoms with Crippen molar-refractivity contribution in [3.05, 3.63) is 99.7 Å².